The molecule has 0 radical (unpaired) electrons. The largest absolute Gasteiger partial charge is 0.480 e. The van der Waals surface area contributed by atoms with Crippen molar-refractivity contribution < 1.29 is 14.3 Å². The minimum atomic E-state index is -0.625. The first-order valence-electron chi connectivity index (χ1n) is 8.89. The second kappa shape index (κ2) is 8.36. The van der Waals surface area contributed by atoms with Crippen molar-refractivity contribution in [3.05, 3.63) is 66.7 Å². The SMILES string of the molecule is CC[C@H](Oc1cccc2ccccc12)C(=O)Nc1cccc(NC(C)=O)c1. The van der Waals surface area contributed by atoms with E-state index in [1.165, 1.54) is 6.92 Å². The van der Waals surface area contributed by atoms with Gasteiger partial charge in [-0.3, -0.25) is 9.59 Å². The zero-order valence-electron chi connectivity index (χ0n) is 15.4. The number of rotatable bonds is 6. The normalized spacial score (nSPS) is 11.6. The van der Waals surface area contributed by atoms with Crippen molar-refractivity contribution in [1.29, 1.82) is 0 Å². The van der Waals surface area contributed by atoms with E-state index in [-0.39, 0.29) is 11.8 Å². The van der Waals surface area contributed by atoms with E-state index in [4.69, 9.17) is 4.74 Å². The number of carbonyl (C=O) groups is 2. The first-order chi connectivity index (χ1) is 13.1. The van der Waals surface area contributed by atoms with Gasteiger partial charge in [0.2, 0.25) is 5.91 Å². The summed E-state index contributed by atoms with van der Waals surface area (Å²) in [7, 11) is 0. The highest BCUT2D eigenvalue weighted by Gasteiger charge is 2.19. The summed E-state index contributed by atoms with van der Waals surface area (Å²) in [5.41, 5.74) is 1.23. The molecule has 2 amide bonds. The molecule has 0 bridgehead atoms. The summed E-state index contributed by atoms with van der Waals surface area (Å²) in [6.45, 7) is 3.35. The van der Waals surface area contributed by atoms with Crippen LogP contribution in [0.25, 0.3) is 10.8 Å². The van der Waals surface area contributed by atoms with Gasteiger partial charge < -0.3 is 15.4 Å². The smallest absolute Gasteiger partial charge is 0.265 e. The van der Waals surface area contributed by atoms with Crippen molar-refractivity contribution >= 4 is 34.0 Å². The van der Waals surface area contributed by atoms with Gasteiger partial charge in [0, 0.05) is 23.7 Å². The van der Waals surface area contributed by atoms with Gasteiger partial charge in [-0.25, -0.2) is 0 Å². The molecule has 2 N–H and O–H groups in total. The molecule has 0 heterocycles. The number of nitrogens with one attached hydrogen (secondary N) is 2. The van der Waals surface area contributed by atoms with Gasteiger partial charge in [-0.15, -0.1) is 0 Å². The molecule has 1 atom stereocenters. The highest BCUT2D eigenvalue weighted by atomic mass is 16.5. The Kier molecular flexibility index (Phi) is 5.71. The molecule has 0 saturated heterocycles. The van der Waals surface area contributed by atoms with Crippen molar-refractivity contribution in [2.75, 3.05) is 10.6 Å². The minimum absolute atomic E-state index is 0.163. The lowest BCUT2D eigenvalue weighted by Gasteiger charge is -2.19. The van der Waals surface area contributed by atoms with Gasteiger partial charge >= 0.3 is 0 Å². The second-order valence-electron chi connectivity index (χ2n) is 6.24. The van der Waals surface area contributed by atoms with Crippen molar-refractivity contribution in [2.24, 2.45) is 0 Å². The van der Waals surface area contributed by atoms with Gasteiger partial charge in [-0.05, 0) is 36.1 Å². The third kappa shape index (κ3) is 4.64. The quantitative estimate of drug-likeness (QED) is 0.674. The Hall–Kier alpha value is -3.34. The summed E-state index contributed by atoms with van der Waals surface area (Å²) in [6.07, 6.45) is -0.0966. The van der Waals surface area contributed by atoms with E-state index >= 15 is 0 Å². The molecule has 0 aliphatic rings. The first-order valence-corrected chi connectivity index (χ1v) is 8.89. The maximum absolute atomic E-state index is 12.7. The summed E-state index contributed by atoms with van der Waals surface area (Å²) >= 11 is 0. The molecule has 0 aliphatic heterocycles. The third-order valence-electron chi connectivity index (χ3n) is 4.13. The zero-order valence-corrected chi connectivity index (χ0v) is 15.4. The maximum Gasteiger partial charge on any atom is 0.265 e. The van der Waals surface area contributed by atoms with E-state index in [2.05, 4.69) is 10.6 Å². The number of hydrogen-bond acceptors (Lipinski definition) is 3. The molecule has 0 fully saturated rings. The van der Waals surface area contributed by atoms with Crippen molar-refractivity contribution in [2.45, 2.75) is 26.4 Å². The Bertz CT molecular complexity index is 963. The monoisotopic (exact) mass is 362 g/mol. The fourth-order valence-electron chi connectivity index (χ4n) is 2.87. The van der Waals surface area contributed by atoms with Crippen LogP contribution in [0.5, 0.6) is 5.75 Å². The lowest BCUT2D eigenvalue weighted by molar-refractivity contribution is -0.122. The van der Waals surface area contributed by atoms with Gasteiger partial charge in [0.1, 0.15) is 5.75 Å². The summed E-state index contributed by atoms with van der Waals surface area (Å²) < 4.78 is 6.02. The lowest BCUT2D eigenvalue weighted by Crippen LogP contribution is -2.32. The average Bonchev–Trinajstić information content (AvgIpc) is 2.65. The Labute approximate surface area is 158 Å². The molecule has 0 unspecified atom stereocenters. The third-order valence-corrected chi connectivity index (χ3v) is 4.13. The number of benzene rings is 3. The number of ether oxygens (including phenoxy) is 1. The molecule has 3 rings (SSSR count). The van der Waals surface area contributed by atoms with E-state index in [9.17, 15) is 9.59 Å². The number of carbonyl (C=O) groups excluding carboxylic acids is 2. The van der Waals surface area contributed by atoms with Crippen LogP contribution < -0.4 is 15.4 Å². The van der Waals surface area contributed by atoms with E-state index in [1.54, 1.807) is 24.3 Å². The van der Waals surface area contributed by atoms with E-state index in [0.717, 1.165) is 10.8 Å². The van der Waals surface area contributed by atoms with Crippen LogP contribution in [0.15, 0.2) is 66.7 Å². The molecule has 0 saturated carbocycles. The number of fused-ring (bicyclic) bond motifs is 1. The van der Waals surface area contributed by atoms with Gasteiger partial charge in [0.05, 0.1) is 0 Å². The van der Waals surface area contributed by atoms with Gasteiger partial charge in [0.15, 0.2) is 6.10 Å². The molecule has 0 aromatic heterocycles. The summed E-state index contributed by atoms with van der Waals surface area (Å²) in [5.74, 6) is 0.289. The average molecular weight is 362 g/mol. The molecule has 3 aromatic carbocycles. The predicted molar refractivity (Wildman–Crippen MR) is 108 cm³/mol. The van der Waals surface area contributed by atoms with Crippen molar-refractivity contribution in [1.82, 2.24) is 0 Å². The maximum atomic E-state index is 12.7. The Morgan fingerprint density at radius 1 is 0.926 bits per heavy atom. The van der Waals surface area contributed by atoms with E-state index < -0.39 is 6.10 Å². The molecule has 3 aromatic rings. The molecule has 27 heavy (non-hydrogen) atoms. The predicted octanol–water partition coefficient (Wildman–Crippen LogP) is 4.59. The highest BCUT2D eigenvalue weighted by molar-refractivity contribution is 5.96. The summed E-state index contributed by atoms with van der Waals surface area (Å²) in [4.78, 5) is 23.9. The van der Waals surface area contributed by atoms with Crippen LogP contribution in [-0.4, -0.2) is 17.9 Å². The number of hydrogen-bond donors (Lipinski definition) is 2. The van der Waals surface area contributed by atoms with Gasteiger partial charge in [-0.1, -0.05) is 49.4 Å². The minimum Gasteiger partial charge on any atom is -0.480 e. The lowest BCUT2D eigenvalue weighted by atomic mass is 10.1. The second-order valence-corrected chi connectivity index (χ2v) is 6.24. The standard InChI is InChI=1S/C22H22N2O3/c1-3-20(27-21-13-6-9-16-8-4-5-12-19(16)21)22(26)24-18-11-7-10-17(14-18)23-15(2)25/h4-14,20H,3H2,1-2H3,(H,23,25)(H,24,26)/t20-/m0/s1. The highest BCUT2D eigenvalue weighted by Crippen LogP contribution is 2.27. The molecular formula is C22H22N2O3. The van der Waals surface area contributed by atoms with Crippen LogP contribution in [0, 0.1) is 0 Å². The number of anilines is 2. The van der Waals surface area contributed by atoms with Crippen LogP contribution in [0.1, 0.15) is 20.3 Å². The topological polar surface area (TPSA) is 67.4 Å². The zero-order chi connectivity index (χ0) is 19.2. The van der Waals surface area contributed by atoms with Crippen LogP contribution in [0.4, 0.5) is 11.4 Å². The van der Waals surface area contributed by atoms with E-state index in [0.29, 0.717) is 23.5 Å². The summed E-state index contributed by atoms with van der Waals surface area (Å²) in [5, 5.41) is 7.59. The number of amides is 2. The van der Waals surface area contributed by atoms with Gasteiger partial charge in [0.25, 0.3) is 5.91 Å². The molecular weight excluding hydrogens is 340 g/mol. The fraction of sp³-hybridized carbons (Fsp3) is 0.182. The van der Waals surface area contributed by atoms with Crippen LogP contribution in [-0.2, 0) is 9.59 Å². The molecule has 0 aliphatic carbocycles. The molecule has 138 valence electrons. The molecule has 0 spiro atoms. The molecule has 5 nitrogen and oxygen atoms in total. The Morgan fingerprint density at radius 2 is 1.59 bits per heavy atom. The first kappa shape index (κ1) is 18.5. The van der Waals surface area contributed by atoms with Gasteiger partial charge in [-0.2, -0.15) is 0 Å². The van der Waals surface area contributed by atoms with Crippen molar-refractivity contribution in [3.8, 4) is 5.75 Å². The Balaban J connectivity index is 1.75. The van der Waals surface area contributed by atoms with Crippen molar-refractivity contribution in [3.63, 3.8) is 0 Å². The Morgan fingerprint density at radius 3 is 2.33 bits per heavy atom. The van der Waals surface area contributed by atoms with Crippen LogP contribution >= 0.6 is 0 Å². The molecule has 5 heteroatoms. The van der Waals surface area contributed by atoms with Crippen LogP contribution in [0.3, 0.4) is 0 Å². The van der Waals surface area contributed by atoms with Crippen LogP contribution in [0.2, 0.25) is 0 Å². The summed E-state index contributed by atoms with van der Waals surface area (Å²) in [6, 6.07) is 20.7. The van der Waals surface area contributed by atoms with E-state index in [1.807, 2.05) is 49.4 Å². The fourth-order valence-corrected chi connectivity index (χ4v) is 2.87.